The molecule has 0 radical (unpaired) electrons. The molecule has 0 aliphatic carbocycles. The molecule has 0 fully saturated rings. The summed E-state index contributed by atoms with van der Waals surface area (Å²) in [4.78, 5) is 10.2. The molecule has 13 heavy (non-hydrogen) atoms. The molecule has 0 aliphatic heterocycles. The maximum atomic E-state index is 10.2. The van der Waals surface area contributed by atoms with E-state index in [4.69, 9.17) is 9.84 Å². The molecule has 80 valence electrons. The van der Waals surface area contributed by atoms with Crippen LogP contribution in [0.3, 0.4) is 0 Å². The van der Waals surface area contributed by atoms with Gasteiger partial charge >= 0.3 is 5.97 Å². The predicted octanol–water partition coefficient (Wildman–Crippen LogP) is 2.13. The average Bonchev–Trinajstić information content (AvgIpc) is 1.47. The third kappa shape index (κ3) is 51.8. The van der Waals surface area contributed by atoms with E-state index in [-0.39, 0.29) is 11.6 Å². The lowest BCUT2D eigenvalue weighted by atomic mass is 10.2. The average molecular weight is 190 g/mol. The van der Waals surface area contributed by atoms with E-state index < -0.39 is 5.60 Å². The minimum absolute atomic E-state index is 0.225. The summed E-state index contributed by atoms with van der Waals surface area (Å²) in [6.07, 6.45) is 0. The Kier molecular flexibility index (Phi) is 6.00. The lowest BCUT2D eigenvalue weighted by Crippen LogP contribution is -2.21. The van der Waals surface area contributed by atoms with Crippen LogP contribution >= 0.6 is 0 Å². The molecule has 0 atom stereocenters. The van der Waals surface area contributed by atoms with Gasteiger partial charge in [0.1, 0.15) is 5.60 Å². The quantitative estimate of drug-likeness (QED) is 0.595. The van der Waals surface area contributed by atoms with Crippen molar-refractivity contribution in [3.63, 3.8) is 0 Å². The second kappa shape index (κ2) is 5.22. The topological polar surface area (TPSA) is 46.5 Å². The zero-order valence-electron chi connectivity index (χ0n) is 9.76. The van der Waals surface area contributed by atoms with Gasteiger partial charge in [0.05, 0.1) is 5.60 Å². The second-order valence-electron chi connectivity index (χ2n) is 4.88. The van der Waals surface area contributed by atoms with Crippen LogP contribution in [0.15, 0.2) is 0 Å². The van der Waals surface area contributed by atoms with Crippen LogP contribution in [0.25, 0.3) is 0 Å². The summed E-state index contributed by atoms with van der Waals surface area (Å²) < 4.78 is 4.80. The number of carbonyl (C=O) groups excluding carboxylic acids is 1. The van der Waals surface area contributed by atoms with Crippen molar-refractivity contribution in [1.29, 1.82) is 0 Å². The summed E-state index contributed by atoms with van der Waals surface area (Å²) in [5.74, 6) is -0.225. The van der Waals surface area contributed by atoms with Crippen molar-refractivity contribution < 1.29 is 14.6 Å². The molecule has 0 heterocycles. The van der Waals surface area contributed by atoms with Crippen LogP contribution in [-0.4, -0.2) is 22.3 Å². The van der Waals surface area contributed by atoms with Crippen LogP contribution in [0.1, 0.15) is 48.5 Å². The normalized spacial score (nSPS) is 11.4. The third-order valence-corrected chi connectivity index (χ3v) is 0.450. The standard InChI is InChI=1S/C6H12O2.C4H10O/c1-5(7)8-6(2,3)4;1-4(2,3)5/h1-4H3;5H,1-3H3. The number of ether oxygens (including phenoxy) is 1. The first-order chi connectivity index (χ1) is 5.42. The first kappa shape index (κ1) is 14.9. The molecule has 3 nitrogen and oxygen atoms in total. The Balaban J connectivity index is 0. The molecule has 0 unspecified atom stereocenters. The van der Waals surface area contributed by atoms with Gasteiger partial charge in [-0.1, -0.05) is 0 Å². The molecule has 0 aromatic carbocycles. The van der Waals surface area contributed by atoms with E-state index in [0.29, 0.717) is 0 Å². The highest BCUT2D eigenvalue weighted by atomic mass is 16.6. The van der Waals surface area contributed by atoms with Crippen LogP contribution in [0.4, 0.5) is 0 Å². The largest absolute Gasteiger partial charge is 0.460 e. The molecule has 0 aromatic rings. The Morgan fingerprint density at radius 1 is 1.08 bits per heavy atom. The van der Waals surface area contributed by atoms with E-state index in [9.17, 15) is 4.79 Å². The molecule has 0 bridgehead atoms. The Labute approximate surface area is 81.1 Å². The highest BCUT2D eigenvalue weighted by Gasteiger charge is 2.11. The van der Waals surface area contributed by atoms with E-state index in [1.807, 2.05) is 20.8 Å². The number of hydrogen-bond acceptors (Lipinski definition) is 3. The van der Waals surface area contributed by atoms with Gasteiger partial charge in [-0.25, -0.2) is 0 Å². The molecular formula is C10H22O3. The number of hydrogen-bond donors (Lipinski definition) is 1. The molecule has 0 aromatic heterocycles. The molecular weight excluding hydrogens is 168 g/mol. The molecule has 0 spiro atoms. The van der Waals surface area contributed by atoms with E-state index in [1.165, 1.54) is 6.92 Å². The molecule has 0 rings (SSSR count). The maximum absolute atomic E-state index is 10.2. The van der Waals surface area contributed by atoms with Crippen LogP contribution in [-0.2, 0) is 9.53 Å². The molecule has 1 N–H and O–H groups in total. The predicted molar refractivity (Wildman–Crippen MR) is 53.5 cm³/mol. The fraction of sp³-hybridized carbons (Fsp3) is 0.900. The van der Waals surface area contributed by atoms with Crippen molar-refractivity contribution in [2.45, 2.75) is 59.7 Å². The van der Waals surface area contributed by atoms with Gasteiger partial charge in [0.15, 0.2) is 0 Å². The van der Waals surface area contributed by atoms with E-state index in [2.05, 4.69) is 0 Å². The van der Waals surface area contributed by atoms with E-state index >= 15 is 0 Å². The fourth-order valence-corrected chi connectivity index (χ4v) is 0.431. The fourth-order valence-electron chi connectivity index (χ4n) is 0.431. The summed E-state index contributed by atoms with van der Waals surface area (Å²) in [5.41, 5.74) is -0.828. The first-order valence-corrected chi connectivity index (χ1v) is 4.34. The summed E-state index contributed by atoms with van der Waals surface area (Å²) in [6, 6.07) is 0. The van der Waals surface area contributed by atoms with E-state index in [0.717, 1.165) is 0 Å². The van der Waals surface area contributed by atoms with Gasteiger partial charge in [0.2, 0.25) is 0 Å². The SMILES string of the molecule is CC(=O)OC(C)(C)C.CC(C)(C)O. The van der Waals surface area contributed by atoms with Gasteiger partial charge in [-0.15, -0.1) is 0 Å². The molecule has 3 heteroatoms. The Morgan fingerprint density at radius 3 is 1.31 bits per heavy atom. The first-order valence-electron chi connectivity index (χ1n) is 4.34. The smallest absolute Gasteiger partial charge is 0.303 e. The molecule has 0 aliphatic rings. The monoisotopic (exact) mass is 190 g/mol. The van der Waals surface area contributed by atoms with Gasteiger partial charge in [-0.05, 0) is 41.5 Å². The highest BCUT2D eigenvalue weighted by Crippen LogP contribution is 2.05. The number of aliphatic hydroxyl groups is 1. The van der Waals surface area contributed by atoms with Crippen molar-refractivity contribution in [2.24, 2.45) is 0 Å². The Bertz CT molecular complexity index is 143. The van der Waals surface area contributed by atoms with Crippen molar-refractivity contribution in [3.8, 4) is 0 Å². The lowest BCUT2D eigenvalue weighted by Gasteiger charge is -2.17. The molecule has 0 saturated heterocycles. The Hall–Kier alpha value is -0.570. The van der Waals surface area contributed by atoms with Crippen LogP contribution in [0.2, 0.25) is 0 Å². The minimum Gasteiger partial charge on any atom is -0.460 e. The molecule has 0 amide bonds. The summed E-state index contributed by atoms with van der Waals surface area (Å²) in [5, 5.41) is 8.52. The van der Waals surface area contributed by atoms with Crippen LogP contribution in [0, 0.1) is 0 Å². The summed E-state index contributed by atoms with van der Waals surface area (Å²) in [6.45, 7) is 12.2. The van der Waals surface area contributed by atoms with Crippen molar-refractivity contribution in [2.75, 3.05) is 0 Å². The highest BCUT2D eigenvalue weighted by molar-refractivity contribution is 5.66. The van der Waals surface area contributed by atoms with Gasteiger partial charge in [-0.2, -0.15) is 0 Å². The maximum Gasteiger partial charge on any atom is 0.303 e. The lowest BCUT2D eigenvalue weighted by molar-refractivity contribution is -0.151. The van der Waals surface area contributed by atoms with Crippen molar-refractivity contribution in [3.05, 3.63) is 0 Å². The zero-order chi connectivity index (χ0) is 11.3. The van der Waals surface area contributed by atoms with Crippen molar-refractivity contribution >= 4 is 5.97 Å². The number of rotatable bonds is 0. The van der Waals surface area contributed by atoms with Gasteiger partial charge in [-0.3, -0.25) is 4.79 Å². The van der Waals surface area contributed by atoms with Gasteiger partial charge < -0.3 is 9.84 Å². The van der Waals surface area contributed by atoms with Crippen LogP contribution in [0.5, 0.6) is 0 Å². The Morgan fingerprint density at radius 2 is 1.31 bits per heavy atom. The summed E-state index contributed by atoms with van der Waals surface area (Å²) in [7, 11) is 0. The van der Waals surface area contributed by atoms with E-state index in [1.54, 1.807) is 20.8 Å². The van der Waals surface area contributed by atoms with Crippen LogP contribution < -0.4 is 0 Å². The number of esters is 1. The van der Waals surface area contributed by atoms with Crippen molar-refractivity contribution in [1.82, 2.24) is 0 Å². The van der Waals surface area contributed by atoms with Gasteiger partial charge in [0, 0.05) is 6.92 Å². The zero-order valence-corrected chi connectivity index (χ0v) is 9.76. The summed E-state index contributed by atoms with van der Waals surface area (Å²) >= 11 is 0. The van der Waals surface area contributed by atoms with Gasteiger partial charge in [0.25, 0.3) is 0 Å². The minimum atomic E-state index is -0.500. The second-order valence-corrected chi connectivity index (χ2v) is 4.88. The number of carbonyl (C=O) groups is 1. The third-order valence-electron chi connectivity index (χ3n) is 0.450. The molecule has 0 saturated carbocycles.